The molecule has 2 rings (SSSR count). The summed E-state index contributed by atoms with van der Waals surface area (Å²) in [6.07, 6.45) is 6.40. The highest BCUT2D eigenvalue weighted by molar-refractivity contribution is 5.12. The summed E-state index contributed by atoms with van der Waals surface area (Å²) in [5.74, 6) is 1.02. The summed E-state index contributed by atoms with van der Waals surface area (Å²) >= 11 is 0. The lowest BCUT2D eigenvalue weighted by Crippen LogP contribution is -2.47. The number of rotatable bonds is 4. The Morgan fingerprint density at radius 3 is 3.12 bits per heavy atom. The molecule has 1 heterocycles. The zero-order valence-corrected chi connectivity index (χ0v) is 10.7. The van der Waals surface area contributed by atoms with Crippen LogP contribution < -0.4 is 5.73 Å². The zero-order chi connectivity index (χ0) is 12.3. The molecule has 2 N–H and O–H groups in total. The van der Waals surface area contributed by atoms with E-state index in [0.717, 1.165) is 25.2 Å². The van der Waals surface area contributed by atoms with E-state index in [1.165, 1.54) is 12.8 Å². The molecule has 1 fully saturated rings. The molecule has 1 aromatic rings. The summed E-state index contributed by atoms with van der Waals surface area (Å²) in [5, 5.41) is 8.32. The van der Waals surface area contributed by atoms with Crippen molar-refractivity contribution in [3.05, 3.63) is 12.2 Å². The molecule has 1 aliphatic rings. The molecule has 2 atom stereocenters. The Morgan fingerprint density at radius 1 is 1.59 bits per heavy atom. The van der Waals surface area contributed by atoms with E-state index in [1.54, 1.807) is 13.4 Å². The van der Waals surface area contributed by atoms with Gasteiger partial charge in [0, 0.05) is 25.1 Å². The molecule has 0 aromatic carbocycles. The maximum absolute atomic E-state index is 6.29. The van der Waals surface area contributed by atoms with Gasteiger partial charge in [-0.15, -0.1) is 10.2 Å². The van der Waals surface area contributed by atoms with Crippen LogP contribution in [0.5, 0.6) is 0 Å². The quantitative estimate of drug-likeness (QED) is 0.852. The Morgan fingerprint density at radius 2 is 2.41 bits per heavy atom. The van der Waals surface area contributed by atoms with Crippen molar-refractivity contribution in [3.8, 4) is 0 Å². The van der Waals surface area contributed by atoms with Gasteiger partial charge in [0.1, 0.15) is 12.2 Å². The maximum atomic E-state index is 6.29. The second-order valence-corrected chi connectivity index (χ2v) is 5.11. The fraction of sp³-hybridized carbons (Fsp3) is 0.833. The molecule has 0 radical (unpaired) electrons. The standard InChI is InChI=1S/C12H22N4O/c1-12(6-4-3-5-10(12)13)11-15-14-9-16(11)7-8-17-2/h9-10H,3-8,13H2,1-2H3. The van der Waals surface area contributed by atoms with E-state index in [-0.39, 0.29) is 11.5 Å². The summed E-state index contributed by atoms with van der Waals surface area (Å²) in [7, 11) is 1.71. The summed E-state index contributed by atoms with van der Waals surface area (Å²) in [5.41, 5.74) is 6.25. The van der Waals surface area contributed by atoms with Crippen LogP contribution >= 0.6 is 0 Å². The fourth-order valence-electron chi connectivity index (χ4n) is 2.69. The van der Waals surface area contributed by atoms with Crippen molar-refractivity contribution < 1.29 is 4.74 Å². The molecule has 17 heavy (non-hydrogen) atoms. The molecular formula is C12H22N4O. The van der Waals surface area contributed by atoms with Gasteiger partial charge >= 0.3 is 0 Å². The smallest absolute Gasteiger partial charge is 0.140 e. The first-order valence-electron chi connectivity index (χ1n) is 6.31. The first-order chi connectivity index (χ1) is 8.18. The van der Waals surface area contributed by atoms with E-state index < -0.39 is 0 Å². The molecule has 1 aromatic heterocycles. The monoisotopic (exact) mass is 238 g/mol. The summed E-state index contributed by atoms with van der Waals surface area (Å²) in [6, 6.07) is 0.182. The number of hydrogen-bond donors (Lipinski definition) is 1. The van der Waals surface area contributed by atoms with Gasteiger partial charge in [-0.25, -0.2) is 0 Å². The zero-order valence-electron chi connectivity index (χ0n) is 10.7. The van der Waals surface area contributed by atoms with Gasteiger partial charge in [0.25, 0.3) is 0 Å². The predicted molar refractivity (Wildman–Crippen MR) is 65.7 cm³/mol. The first-order valence-corrected chi connectivity index (χ1v) is 6.31. The molecule has 5 heteroatoms. The molecule has 2 unspecified atom stereocenters. The van der Waals surface area contributed by atoms with Gasteiger partial charge in [-0.05, 0) is 12.8 Å². The van der Waals surface area contributed by atoms with Gasteiger partial charge in [-0.3, -0.25) is 0 Å². The van der Waals surface area contributed by atoms with E-state index in [1.807, 2.05) is 0 Å². The van der Waals surface area contributed by atoms with E-state index in [4.69, 9.17) is 10.5 Å². The third-order valence-corrected chi connectivity index (χ3v) is 3.94. The number of aromatic nitrogens is 3. The van der Waals surface area contributed by atoms with Crippen LogP contribution in [0.1, 0.15) is 38.4 Å². The van der Waals surface area contributed by atoms with Crippen LogP contribution in [-0.4, -0.2) is 34.5 Å². The lowest BCUT2D eigenvalue weighted by atomic mass is 9.71. The Bertz CT molecular complexity index is 365. The second-order valence-electron chi connectivity index (χ2n) is 5.11. The average Bonchev–Trinajstić information content (AvgIpc) is 2.79. The van der Waals surface area contributed by atoms with Gasteiger partial charge in [-0.2, -0.15) is 0 Å². The lowest BCUT2D eigenvalue weighted by Gasteiger charge is -2.38. The summed E-state index contributed by atoms with van der Waals surface area (Å²) in [4.78, 5) is 0. The molecule has 5 nitrogen and oxygen atoms in total. The third-order valence-electron chi connectivity index (χ3n) is 3.94. The van der Waals surface area contributed by atoms with Gasteiger partial charge in [0.05, 0.1) is 6.61 Å². The van der Waals surface area contributed by atoms with Crippen LogP contribution in [0.3, 0.4) is 0 Å². The molecule has 1 aliphatic carbocycles. The van der Waals surface area contributed by atoms with Crippen molar-refractivity contribution in [2.45, 2.75) is 50.6 Å². The van der Waals surface area contributed by atoms with Gasteiger partial charge in [0.2, 0.25) is 0 Å². The van der Waals surface area contributed by atoms with E-state index in [9.17, 15) is 0 Å². The Kier molecular flexibility index (Phi) is 3.79. The van der Waals surface area contributed by atoms with E-state index in [0.29, 0.717) is 6.61 Å². The first kappa shape index (κ1) is 12.5. The molecule has 96 valence electrons. The van der Waals surface area contributed by atoms with Crippen LogP contribution in [0, 0.1) is 0 Å². The average molecular weight is 238 g/mol. The van der Waals surface area contributed by atoms with Crippen molar-refractivity contribution in [2.24, 2.45) is 5.73 Å². The van der Waals surface area contributed by atoms with Crippen molar-refractivity contribution in [1.82, 2.24) is 14.8 Å². The number of ether oxygens (including phenoxy) is 1. The minimum absolute atomic E-state index is 0.0392. The largest absolute Gasteiger partial charge is 0.383 e. The molecule has 1 saturated carbocycles. The van der Waals surface area contributed by atoms with Crippen LogP contribution in [0.2, 0.25) is 0 Å². The highest BCUT2D eigenvalue weighted by Gasteiger charge is 2.39. The van der Waals surface area contributed by atoms with Gasteiger partial charge in [0.15, 0.2) is 0 Å². The van der Waals surface area contributed by atoms with Crippen LogP contribution in [0.15, 0.2) is 6.33 Å². The predicted octanol–water partition coefficient (Wildman–Crippen LogP) is 1.08. The topological polar surface area (TPSA) is 66.0 Å². The maximum Gasteiger partial charge on any atom is 0.140 e. The normalized spacial score (nSPS) is 29.5. The number of nitrogens with zero attached hydrogens (tertiary/aromatic N) is 3. The Hall–Kier alpha value is -0.940. The Labute approximate surface area is 102 Å². The number of nitrogens with two attached hydrogens (primary N) is 1. The third kappa shape index (κ3) is 2.35. The highest BCUT2D eigenvalue weighted by Crippen LogP contribution is 2.37. The fourth-order valence-corrected chi connectivity index (χ4v) is 2.69. The number of hydrogen-bond acceptors (Lipinski definition) is 4. The Balaban J connectivity index is 2.22. The van der Waals surface area contributed by atoms with Crippen LogP contribution in [-0.2, 0) is 16.7 Å². The minimum Gasteiger partial charge on any atom is -0.383 e. The molecule has 0 saturated heterocycles. The summed E-state index contributed by atoms with van der Waals surface area (Å²) < 4.78 is 7.19. The summed E-state index contributed by atoms with van der Waals surface area (Å²) in [6.45, 7) is 3.68. The molecule has 0 amide bonds. The molecular weight excluding hydrogens is 216 g/mol. The van der Waals surface area contributed by atoms with Crippen molar-refractivity contribution in [1.29, 1.82) is 0 Å². The van der Waals surface area contributed by atoms with Crippen molar-refractivity contribution >= 4 is 0 Å². The minimum atomic E-state index is -0.0392. The highest BCUT2D eigenvalue weighted by atomic mass is 16.5. The van der Waals surface area contributed by atoms with Crippen LogP contribution in [0.25, 0.3) is 0 Å². The van der Waals surface area contributed by atoms with Crippen LogP contribution in [0.4, 0.5) is 0 Å². The SMILES string of the molecule is COCCn1cnnc1C1(C)CCCCC1N. The van der Waals surface area contributed by atoms with Crippen molar-refractivity contribution in [3.63, 3.8) is 0 Å². The molecule has 0 bridgehead atoms. The van der Waals surface area contributed by atoms with E-state index >= 15 is 0 Å². The van der Waals surface area contributed by atoms with Gasteiger partial charge in [-0.1, -0.05) is 19.8 Å². The van der Waals surface area contributed by atoms with Gasteiger partial charge < -0.3 is 15.0 Å². The van der Waals surface area contributed by atoms with Crippen molar-refractivity contribution in [2.75, 3.05) is 13.7 Å². The second kappa shape index (κ2) is 5.14. The molecule has 0 aliphatic heterocycles. The van der Waals surface area contributed by atoms with E-state index in [2.05, 4.69) is 21.7 Å². The molecule has 0 spiro atoms. The lowest BCUT2D eigenvalue weighted by molar-refractivity contribution is 0.180. The number of methoxy groups -OCH3 is 1.